The summed E-state index contributed by atoms with van der Waals surface area (Å²) in [5.41, 5.74) is 7.10. The minimum atomic E-state index is -0.954. The standard InChI is InChI=1S/C48H52N8O8.C2H4.3H2/c1-26(2)40(53-47(59)62-4)45(57)55-17-9-12-37(55)43-49-22-36(51-43)30-13-15-32-31(19-30)25-64-39-21-33-29(20-34(32)39)14-16-35-42(33)52-44(50-35)38-18-27(24-61-3)23-56(38)46(58)41(54-48(60)63-5)28-10-7-6-8-11-28;1-2;;;/h6-8,10-11,13-16,19-22,26-27,37-38,40-41H,9,12,17-18,23-25H2,1-5H3,(H,49,51)(H,50,52)(H,53,59)(H,54,60);1-2H2;3*1H/t27-,37-,38-,40-,41+;;;;/m0..../s1. The maximum absolute atomic E-state index is 14.4. The highest BCUT2D eigenvalue weighted by Gasteiger charge is 2.42. The Morgan fingerprint density at radius 1 is 0.879 bits per heavy atom. The van der Waals surface area contributed by atoms with Crippen molar-refractivity contribution in [3.05, 3.63) is 115 Å². The molecule has 0 saturated carbocycles. The molecule has 4 aromatic carbocycles. The number of aromatic amines is 2. The number of nitrogens with zero attached hydrogens (tertiary/aromatic N) is 4. The van der Waals surface area contributed by atoms with Crippen molar-refractivity contribution in [1.82, 2.24) is 40.4 Å². The van der Waals surface area contributed by atoms with Crippen LogP contribution in [0, 0.1) is 11.8 Å². The van der Waals surface area contributed by atoms with Crippen LogP contribution in [0.5, 0.6) is 5.75 Å². The van der Waals surface area contributed by atoms with Gasteiger partial charge in [0.15, 0.2) is 0 Å². The highest BCUT2D eigenvalue weighted by atomic mass is 16.5. The van der Waals surface area contributed by atoms with E-state index < -0.39 is 30.3 Å². The summed E-state index contributed by atoms with van der Waals surface area (Å²) in [6.45, 7) is 11.6. The Morgan fingerprint density at radius 2 is 1.65 bits per heavy atom. The van der Waals surface area contributed by atoms with Crippen molar-refractivity contribution in [1.29, 1.82) is 0 Å². The van der Waals surface area contributed by atoms with E-state index in [9.17, 15) is 19.2 Å². The molecule has 0 unspecified atom stereocenters. The largest absolute Gasteiger partial charge is 0.488 e. The number of methoxy groups -OCH3 is 3. The molecule has 0 spiro atoms. The second kappa shape index (κ2) is 19.5. The van der Waals surface area contributed by atoms with Gasteiger partial charge in [0, 0.05) is 41.3 Å². The van der Waals surface area contributed by atoms with Crippen LogP contribution in [-0.2, 0) is 30.4 Å². The molecule has 2 aromatic heterocycles. The SMILES string of the molecule is C=C.COC[C@H]1C[C@@H](c2nc3c(ccc4cc5c(cc43)OCc3cc(-c4cnc([C@@H]6CCCN6C(=O)[C@@H](NC(=O)OC)C(C)C)[nH]4)ccc3-5)[nH]2)N(C(=O)[C@H](NC(=O)OC)c2ccccc2)C1.[HH].[HH].[HH]. The molecule has 16 heteroatoms. The van der Waals surface area contributed by atoms with Crippen LogP contribution in [0.15, 0.2) is 92.2 Å². The number of ether oxygens (including phenoxy) is 4. The van der Waals surface area contributed by atoms with Gasteiger partial charge in [-0.1, -0.05) is 62.4 Å². The van der Waals surface area contributed by atoms with Gasteiger partial charge >= 0.3 is 12.2 Å². The van der Waals surface area contributed by atoms with Crippen LogP contribution in [0.1, 0.15) is 78.3 Å². The molecule has 0 bridgehead atoms. The second-order valence-corrected chi connectivity index (χ2v) is 17.1. The van der Waals surface area contributed by atoms with Gasteiger partial charge in [0.05, 0.1) is 55.8 Å². The number of likely N-dealkylation sites (tertiary alicyclic amines) is 2. The first-order valence-electron chi connectivity index (χ1n) is 22.2. The van der Waals surface area contributed by atoms with E-state index in [4.69, 9.17) is 28.9 Å². The lowest BCUT2D eigenvalue weighted by Gasteiger charge is -2.30. The highest BCUT2D eigenvalue weighted by Crippen LogP contribution is 2.44. The molecule has 6 aromatic rings. The van der Waals surface area contributed by atoms with E-state index in [1.165, 1.54) is 14.2 Å². The lowest BCUT2D eigenvalue weighted by Crippen LogP contribution is -2.51. The zero-order valence-electron chi connectivity index (χ0n) is 37.9. The third-order valence-electron chi connectivity index (χ3n) is 12.7. The number of nitrogens with one attached hydrogen (secondary N) is 4. The lowest BCUT2D eigenvalue weighted by atomic mass is 9.92. The van der Waals surface area contributed by atoms with Crippen LogP contribution >= 0.6 is 0 Å². The first-order valence-corrected chi connectivity index (χ1v) is 22.2. The molecule has 4 N–H and O–H groups in total. The van der Waals surface area contributed by atoms with Gasteiger partial charge < -0.3 is 49.3 Å². The lowest BCUT2D eigenvalue weighted by molar-refractivity contribution is -0.136. The number of benzene rings is 4. The molecule has 350 valence electrons. The van der Waals surface area contributed by atoms with Crippen LogP contribution in [0.4, 0.5) is 9.59 Å². The first-order chi connectivity index (χ1) is 32.0. The summed E-state index contributed by atoms with van der Waals surface area (Å²) in [6, 6.07) is 21.4. The Balaban J connectivity index is 0.00000175. The fraction of sp³-hybridized carbons (Fsp3) is 0.360. The summed E-state index contributed by atoms with van der Waals surface area (Å²) in [7, 11) is 4.22. The Hall–Kier alpha value is -7.20. The van der Waals surface area contributed by atoms with Crippen molar-refractivity contribution >= 4 is 45.8 Å². The van der Waals surface area contributed by atoms with Crippen molar-refractivity contribution in [3.63, 3.8) is 0 Å². The Kier molecular flexibility index (Phi) is 13.4. The number of hydrogen-bond acceptors (Lipinski definition) is 10. The first kappa shape index (κ1) is 45.4. The zero-order valence-corrected chi connectivity index (χ0v) is 37.9. The number of fused-ring (bicyclic) bond motifs is 6. The quantitative estimate of drug-likeness (QED) is 0.0913. The van der Waals surface area contributed by atoms with Gasteiger partial charge in [0.1, 0.15) is 36.1 Å². The molecule has 66 heavy (non-hydrogen) atoms. The number of imidazole rings is 2. The number of rotatable bonds is 11. The van der Waals surface area contributed by atoms with Gasteiger partial charge in [0.2, 0.25) is 5.91 Å². The molecular weight excluding hydrogens is 841 g/mol. The van der Waals surface area contributed by atoms with E-state index in [1.54, 1.807) is 23.1 Å². The maximum Gasteiger partial charge on any atom is 0.407 e. The highest BCUT2D eigenvalue weighted by molar-refractivity contribution is 6.07. The average molecular weight is 903 g/mol. The predicted octanol–water partition coefficient (Wildman–Crippen LogP) is 8.88. The van der Waals surface area contributed by atoms with Crippen molar-refractivity contribution in [2.24, 2.45) is 11.8 Å². The van der Waals surface area contributed by atoms with Gasteiger partial charge in [-0.05, 0) is 77.1 Å². The molecule has 0 radical (unpaired) electrons. The van der Waals surface area contributed by atoms with Crippen molar-refractivity contribution < 1.29 is 42.4 Å². The van der Waals surface area contributed by atoms with E-state index in [-0.39, 0.29) is 34.0 Å². The minimum Gasteiger partial charge on any atom is -0.488 e. The van der Waals surface area contributed by atoms with E-state index in [0.29, 0.717) is 49.9 Å². The molecule has 3 aliphatic heterocycles. The smallest absolute Gasteiger partial charge is 0.407 e. The summed E-state index contributed by atoms with van der Waals surface area (Å²) in [6.07, 6.45) is 2.69. The van der Waals surface area contributed by atoms with Crippen LogP contribution in [0.2, 0.25) is 0 Å². The topological polar surface area (TPSA) is 193 Å². The molecule has 4 amide bonds. The summed E-state index contributed by atoms with van der Waals surface area (Å²) < 4.78 is 21.7. The third-order valence-corrected chi connectivity index (χ3v) is 12.7. The van der Waals surface area contributed by atoms with Gasteiger partial charge in [-0.2, -0.15) is 0 Å². The molecule has 0 aliphatic carbocycles. The number of aromatic nitrogens is 4. The van der Waals surface area contributed by atoms with Crippen molar-refractivity contribution in [3.8, 4) is 28.1 Å². The average Bonchev–Trinajstić information content (AvgIpc) is 4.19. The minimum absolute atomic E-state index is 0. The molecule has 5 atom stereocenters. The number of amides is 4. The Bertz CT molecular complexity index is 2770. The Morgan fingerprint density at radius 3 is 2.39 bits per heavy atom. The van der Waals surface area contributed by atoms with E-state index in [2.05, 4.69) is 64.1 Å². The predicted molar refractivity (Wildman–Crippen MR) is 256 cm³/mol. The van der Waals surface area contributed by atoms with E-state index in [1.807, 2.05) is 56.3 Å². The summed E-state index contributed by atoms with van der Waals surface area (Å²) in [4.78, 5) is 73.1. The maximum atomic E-state index is 14.4. The third kappa shape index (κ3) is 8.80. The van der Waals surface area contributed by atoms with Gasteiger partial charge in [-0.25, -0.2) is 19.6 Å². The number of carbonyl (C=O) groups is 4. The summed E-state index contributed by atoms with van der Waals surface area (Å²) >= 11 is 0. The van der Waals surface area contributed by atoms with E-state index in [0.717, 1.165) is 68.3 Å². The number of carbonyl (C=O) groups excluding carboxylic acids is 4. The second-order valence-electron chi connectivity index (χ2n) is 17.1. The summed E-state index contributed by atoms with van der Waals surface area (Å²) in [5.74, 6) is 1.62. The molecule has 2 fully saturated rings. The molecule has 5 heterocycles. The van der Waals surface area contributed by atoms with Gasteiger partial charge in [-0.3, -0.25) is 9.59 Å². The zero-order chi connectivity index (χ0) is 46.6. The normalized spacial score (nSPS) is 18.4. The van der Waals surface area contributed by atoms with Crippen LogP contribution in [-0.4, -0.2) is 101 Å². The molecule has 3 aliphatic rings. The Labute approximate surface area is 387 Å². The fourth-order valence-electron chi connectivity index (χ4n) is 9.53. The fourth-order valence-corrected chi connectivity index (χ4v) is 9.53. The van der Waals surface area contributed by atoms with Crippen molar-refractivity contribution in [2.45, 2.75) is 63.9 Å². The molecular formula is C50H62N8O8. The summed E-state index contributed by atoms with van der Waals surface area (Å²) in [5, 5.41) is 7.36. The van der Waals surface area contributed by atoms with Gasteiger partial charge in [0.25, 0.3) is 5.91 Å². The number of hydrogen-bond donors (Lipinski definition) is 4. The van der Waals surface area contributed by atoms with Crippen LogP contribution < -0.4 is 15.4 Å². The monoisotopic (exact) mass is 902 g/mol. The van der Waals surface area contributed by atoms with Crippen LogP contribution in [0.3, 0.4) is 0 Å². The number of alkyl carbamates (subject to hydrolysis) is 2. The molecule has 9 rings (SSSR count). The molecule has 2 saturated heterocycles. The van der Waals surface area contributed by atoms with Crippen molar-refractivity contribution in [2.75, 3.05) is 41.0 Å². The van der Waals surface area contributed by atoms with Crippen LogP contribution in [0.25, 0.3) is 44.2 Å². The number of H-pyrrole nitrogens is 2. The van der Waals surface area contributed by atoms with Gasteiger partial charge in [-0.15, -0.1) is 13.2 Å². The van der Waals surface area contributed by atoms with E-state index >= 15 is 0 Å². The molecule has 16 nitrogen and oxygen atoms in total.